The molecule has 3 rings (SSSR count). The van der Waals surface area contributed by atoms with Crippen LogP contribution >= 0.6 is 0 Å². The third-order valence-electron chi connectivity index (χ3n) is 5.53. The molecule has 0 aromatic heterocycles. The minimum atomic E-state index is -0.204. The van der Waals surface area contributed by atoms with Crippen LogP contribution in [0.25, 0.3) is 0 Å². The van der Waals surface area contributed by atoms with Crippen molar-refractivity contribution < 1.29 is 9.59 Å². The minimum Gasteiger partial charge on any atom is -0.348 e. The van der Waals surface area contributed by atoms with Crippen LogP contribution < -0.4 is 10.6 Å². The molecule has 1 fully saturated rings. The van der Waals surface area contributed by atoms with E-state index >= 15 is 0 Å². The lowest BCUT2D eigenvalue weighted by molar-refractivity contribution is -0.127. The lowest BCUT2D eigenvalue weighted by Crippen LogP contribution is -2.49. The molecule has 148 valence electrons. The van der Waals surface area contributed by atoms with E-state index in [9.17, 15) is 9.59 Å². The second kappa shape index (κ2) is 9.51. The van der Waals surface area contributed by atoms with Crippen molar-refractivity contribution in [2.45, 2.75) is 38.8 Å². The maximum Gasteiger partial charge on any atom is 0.237 e. The van der Waals surface area contributed by atoms with Crippen molar-refractivity contribution in [1.29, 1.82) is 0 Å². The number of benzene rings is 2. The van der Waals surface area contributed by atoms with Crippen molar-refractivity contribution >= 4 is 17.5 Å². The van der Waals surface area contributed by atoms with Crippen LogP contribution in [-0.4, -0.2) is 35.8 Å². The predicted molar refractivity (Wildman–Crippen MR) is 112 cm³/mol. The molecule has 0 radical (unpaired) electrons. The van der Waals surface area contributed by atoms with Gasteiger partial charge in [0.05, 0.1) is 12.1 Å². The number of carbonyl (C=O) groups is 2. The zero-order valence-electron chi connectivity index (χ0n) is 16.6. The van der Waals surface area contributed by atoms with E-state index < -0.39 is 0 Å². The van der Waals surface area contributed by atoms with Gasteiger partial charge in [-0.1, -0.05) is 48.5 Å². The molecule has 0 spiro atoms. The Bertz CT molecular complexity index is 771. The number of nitrogens with one attached hydrogen (secondary N) is 2. The average Bonchev–Trinajstić information content (AvgIpc) is 2.74. The first kappa shape index (κ1) is 20.1. The molecule has 2 N–H and O–H groups in total. The van der Waals surface area contributed by atoms with Crippen LogP contribution in [0.1, 0.15) is 38.3 Å². The second-order valence-electron chi connectivity index (χ2n) is 7.48. The molecule has 2 amide bonds. The second-order valence-corrected chi connectivity index (χ2v) is 7.48. The zero-order valence-corrected chi connectivity index (χ0v) is 16.6. The molecule has 5 heteroatoms. The number of carbonyl (C=O) groups excluding carboxylic acids is 2. The van der Waals surface area contributed by atoms with Crippen molar-refractivity contribution in [3.63, 3.8) is 0 Å². The van der Waals surface area contributed by atoms with Crippen LogP contribution in [0, 0.1) is 5.92 Å². The number of hydrogen-bond donors (Lipinski definition) is 2. The first-order valence-electron chi connectivity index (χ1n) is 10.00. The zero-order chi connectivity index (χ0) is 19.9. The fourth-order valence-corrected chi connectivity index (χ4v) is 3.64. The van der Waals surface area contributed by atoms with Gasteiger partial charge in [-0.05, 0) is 57.5 Å². The number of piperidine rings is 1. The summed E-state index contributed by atoms with van der Waals surface area (Å²) < 4.78 is 0. The SMILES string of the molecule is C[C@H](C(=O)N[C@H](C)c1ccccc1)N1CCC(C(=O)Nc2ccccc2)CC1. The monoisotopic (exact) mass is 379 g/mol. The van der Waals surface area contributed by atoms with Crippen LogP contribution in [0.2, 0.25) is 0 Å². The van der Waals surface area contributed by atoms with Crippen LogP contribution in [-0.2, 0) is 9.59 Å². The Balaban J connectivity index is 1.47. The fourth-order valence-electron chi connectivity index (χ4n) is 3.64. The first-order chi connectivity index (χ1) is 13.5. The molecule has 28 heavy (non-hydrogen) atoms. The topological polar surface area (TPSA) is 61.4 Å². The predicted octanol–water partition coefficient (Wildman–Crippen LogP) is 3.60. The maximum absolute atomic E-state index is 12.7. The Kier molecular flexibility index (Phi) is 6.82. The number of likely N-dealkylation sites (tertiary alicyclic amines) is 1. The van der Waals surface area contributed by atoms with Crippen molar-refractivity contribution in [3.05, 3.63) is 66.2 Å². The van der Waals surface area contributed by atoms with E-state index in [1.165, 1.54) is 0 Å². The van der Waals surface area contributed by atoms with Crippen LogP contribution in [0.15, 0.2) is 60.7 Å². The number of para-hydroxylation sites is 1. The Labute approximate surface area is 167 Å². The van der Waals surface area contributed by atoms with E-state index in [0.29, 0.717) is 0 Å². The molecule has 1 aliphatic heterocycles. The fraction of sp³-hybridized carbons (Fsp3) is 0.391. The molecule has 2 atom stereocenters. The van der Waals surface area contributed by atoms with Gasteiger partial charge in [-0.3, -0.25) is 14.5 Å². The molecule has 0 aliphatic carbocycles. The molecule has 0 saturated carbocycles. The minimum absolute atomic E-state index is 0.00467. The van der Waals surface area contributed by atoms with Crippen LogP contribution in [0.3, 0.4) is 0 Å². The third kappa shape index (κ3) is 5.20. The van der Waals surface area contributed by atoms with Gasteiger partial charge in [0, 0.05) is 11.6 Å². The lowest BCUT2D eigenvalue weighted by atomic mass is 9.94. The Morgan fingerprint density at radius 3 is 2.11 bits per heavy atom. The summed E-state index contributed by atoms with van der Waals surface area (Å²) in [6, 6.07) is 19.3. The van der Waals surface area contributed by atoms with E-state index in [2.05, 4.69) is 15.5 Å². The van der Waals surface area contributed by atoms with Gasteiger partial charge in [-0.25, -0.2) is 0 Å². The van der Waals surface area contributed by atoms with Gasteiger partial charge in [0.1, 0.15) is 0 Å². The van der Waals surface area contributed by atoms with E-state index in [4.69, 9.17) is 0 Å². The van der Waals surface area contributed by atoms with Crippen LogP contribution in [0.4, 0.5) is 5.69 Å². The van der Waals surface area contributed by atoms with Crippen molar-refractivity contribution in [3.8, 4) is 0 Å². The summed E-state index contributed by atoms with van der Waals surface area (Å²) in [4.78, 5) is 27.3. The largest absolute Gasteiger partial charge is 0.348 e. The van der Waals surface area contributed by atoms with Crippen molar-refractivity contribution in [2.24, 2.45) is 5.92 Å². The first-order valence-corrected chi connectivity index (χ1v) is 10.00. The normalized spacial score (nSPS) is 17.5. The molecule has 1 aliphatic rings. The molecule has 2 aromatic carbocycles. The lowest BCUT2D eigenvalue weighted by Gasteiger charge is -2.35. The molecule has 2 aromatic rings. The molecule has 1 heterocycles. The Morgan fingerprint density at radius 1 is 0.929 bits per heavy atom. The van der Waals surface area contributed by atoms with Gasteiger partial charge >= 0.3 is 0 Å². The van der Waals surface area contributed by atoms with Crippen molar-refractivity contribution in [2.75, 3.05) is 18.4 Å². The quantitative estimate of drug-likeness (QED) is 0.806. The van der Waals surface area contributed by atoms with Crippen molar-refractivity contribution in [1.82, 2.24) is 10.2 Å². The van der Waals surface area contributed by atoms with Crippen LogP contribution in [0.5, 0.6) is 0 Å². The van der Waals surface area contributed by atoms with E-state index in [0.717, 1.165) is 37.2 Å². The third-order valence-corrected chi connectivity index (χ3v) is 5.53. The smallest absolute Gasteiger partial charge is 0.237 e. The number of amides is 2. The summed E-state index contributed by atoms with van der Waals surface area (Å²) in [5.41, 5.74) is 1.93. The summed E-state index contributed by atoms with van der Waals surface area (Å²) in [6.45, 7) is 5.44. The Morgan fingerprint density at radius 2 is 1.50 bits per heavy atom. The van der Waals surface area contributed by atoms with Gasteiger partial charge < -0.3 is 10.6 Å². The Hall–Kier alpha value is -2.66. The molecule has 1 saturated heterocycles. The maximum atomic E-state index is 12.7. The highest BCUT2D eigenvalue weighted by atomic mass is 16.2. The summed E-state index contributed by atoms with van der Waals surface area (Å²) in [6.07, 6.45) is 1.54. The van der Waals surface area contributed by atoms with E-state index in [1.54, 1.807) is 0 Å². The van der Waals surface area contributed by atoms with E-state index in [1.807, 2.05) is 74.5 Å². The number of rotatable bonds is 6. The highest BCUT2D eigenvalue weighted by Crippen LogP contribution is 2.21. The molecule has 5 nitrogen and oxygen atoms in total. The molecular weight excluding hydrogens is 350 g/mol. The highest BCUT2D eigenvalue weighted by molar-refractivity contribution is 5.92. The number of nitrogens with zero attached hydrogens (tertiary/aromatic N) is 1. The molecule has 0 unspecified atom stereocenters. The summed E-state index contributed by atoms with van der Waals surface area (Å²) in [5, 5.41) is 6.09. The molecule has 0 bridgehead atoms. The highest BCUT2D eigenvalue weighted by Gasteiger charge is 2.30. The summed E-state index contributed by atoms with van der Waals surface area (Å²) in [7, 11) is 0. The van der Waals surface area contributed by atoms with E-state index in [-0.39, 0.29) is 29.8 Å². The van der Waals surface area contributed by atoms with Gasteiger partial charge in [-0.2, -0.15) is 0 Å². The van der Waals surface area contributed by atoms with Gasteiger partial charge in [0.2, 0.25) is 11.8 Å². The van der Waals surface area contributed by atoms with Gasteiger partial charge in [0.15, 0.2) is 0 Å². The summed E-state index contributed by atoms with van der Waals surface area (Å²) >= 11 is 0. The standard InChI is InChI=1S/C23H29N3O2/c1-17(19-9-5-3-6-10-19)24-22(27)18(2)26-15-13-20(14-16-26)23(28)25-21-11-7-4-8-12-21/h3-12,17-18,20H,13-16H2,1-2H3,(H,24,27)(H,25,28)/t17-,18-/m1/s1. The molecular formula is C23H29N3O2. The van der Waals surface area contributed by atoms with Gasteiger partial charge in [-0.15, -0.1) is 0 Å². The number of hydrogen-bond acceptors (Lipinski definition) is 3. The van der Waals surface area contributed by atoms with Gasteiger partial charge in [0.25, 0.3) is 0 Å². The summed E-state index contributed by atoms with van der Waals surface area (Å²) in [5.74, 6) is 0.0964. The number of anilines is 1. The average molecular weight is 380 g/mol.